The number of rotatable bonds is 5. The summed E-state index contributed by atoms with van der Waals surface area (Å²) in [5.74, 6) is -0.830. The Hall–Kier alpha value is -2.77. The fraction of sp³-hybridized carbons (Fsp3) is 0.438. The van der Waals surface area contributed by atoms with Crippen molar-refractivity contribution in [3.05, 3.63) is 30.1 Å². The maximum absolute atomic E-state index is 12.0. The lowest BCUT2D eigenvalue weighted by atomic mass is 10.2. The molecule has 0 spiro atoms. The van der Waals surface area contributed by atoms with Gasteiger partial charge in [0.1, 0.15) is 5.69 Å². The van der Waals surface area contributed by atoms with Crippen molar-refractivity contribution in [2.45, 2.75) is 32.2 Å². The largest absolute Gasteiger partial charge is 0.478 e. The summed E-state index contributed by atoms with van der Waals surface area (Å²) >= 11 is 0. The molecular formula is C16H19N5O3. The van der Waals surface area contributed by atoms with E-state index in [4.69, 9.17) is 5.11 Å². The maximum atomic E-state index is 12.0. The Morgan fingerprint density at radius 1 is 1.38 bits per heavy atom. The Morgan fingerprint density at radius 2 is 2.21 bits per heavy atom. The predicted octanol–water partition coefficient (Wildman–Crippen LogP) is 1.61. The molecule has 1 aliphatic heterocycles. The number of amides is 1. The molecule has 126 valence electrons. The van der Waals surface area contributed by atoms with Gasteiger partial charge in [-0.25, -0.2) is 9.48 Å². The molecule has 0 bridgehead atoms. The highest BCUT2D eigenvalue weighted by atomic mass is 16.4. The number of nitrogens with zero attached hydrogens (tertiary/aromatic N) is 5. The summed E-state index contributed by atoms with van der Waals surface area (Å²) in [4.78, 5) is 29.0. The average Bonchev–Trinajstić information content (AvgIpc) is 3.24. The first-order valence-corrected chi connectivity index (χ1v) is 7.97. The number of likely N-dealkylation sites (tertiary alicyclic amines) is 1. The molecule has 3 rings (SSSR count). The van der Waals surface area contributed by atoms with Crippen LogP contribution in [0.15, 0.2) is 24.5 Å². The lowest BCUT2D eigenvalue weighted by Crippen LogP contribution is -2.28. The normalized spacial score (nSPS) is 17.2. The van der Waals surface area contributed by atoms with Gasteiger partial charge in [-0.3, -0.25) is 9.78 Å². The second-order valence-electron chi connectivity index (χ2n) is 5.85. The summed E-state index contributed by atoms with van der Waals surface area (Å²) in [5, 5.41) is 17.3. The Labute approximate surface area is 139 Å². The summed E-state index contributed by atoms with van der Waals surface area (Å²) < 4.78 is 1.74. The van der Waals surface area contributed by atoms with Gasteiger partial charge in [-0.05, 0) is 25.0 Å². The molecule has 1 aliphatic rings. The SMILES string of the molecule is CCCC(=O)N1CCC(n2cc(-c3cc(C(=O)O)ccn3)nn2)C1. The third-order valence-corrected chi connectivity index (χ3v) is 4.13. The van der Waals surface area contributed by atoms with Gasteiger partial charge in [0, 0.05) is 25.7 Å². The van der Waals surface area contributed by atoms with Gasteiger partial charge in [0.25, 0.3) is 0 Å². The number of aromatic carboxylic acids is 1. The first-order valence-electron chi connectivity index (χ1n) is 7.97. The van der Waals surface area contributed by atoms with Crippen molar-refractivity contribution in [3.8, 4) is 11.4 Å². The van der Waals surface area contributed by atoms with Crippen molar-refractivity contribution in [3.63, 3.8) is 0 Å². The minimum atomic E-state index is -1.01. The van der Waals surface area contributed by atoms with E-state index >= 15 is 0 Å². The van der Waals surface area contributed by atoms with Gasteiger partial charge in [-0.15, -0.1) is 5.10 Å². The molecule has 1 amide bonds. The van der Waals surface area contributed by atoms with Crippen LogP contribution in [0.2, 0.25) is 0 Å². The molecule has 1 atom stereocenters. The van der Waals surface area contributed by atoms with Crippen molar-refractivity contribution in [1.29, 1.82) is 0 Å². The standard InChI is InChI=1S/C16H19N5O3/c1-2-3-15(22)20-7-5-12(9-20)21-10-14(18-19-21)13-8-11(16(23)24)4-6-17-13/h4,6,8,10,12H,2-3,5,7,9H2,1H3,(H,23,24). The molecular weight excluding hydrogens is 310 g/mol. The van der Waals surface area contributed by atoms with E-state index in [1.807, 2.05) is 11.8 Å². The van der Waals surface area contributed by atoms with Crippen LogP contribution in [-0.2, 0) is 4.79 Å². The van der Waals surface area contributed by atoms with Crippen LogP contribution in [-0.4, -0.2) is 55.0 Å². The van der Waals surface area contributed by atoms with E-state index in [0.29, 0.717) is 24.4 Å². The highest BCUT2D eigenvalue weighted by Crippen LogP contribution is 2.23. The number of carbonyl (C=O) groups excluding carboxylic acids is 1. The first kappa shape index (κ1) is 16.1. The van der Waals surface area contributed by atoms with E-state index < -0.39 is 5.97 Å². The molecule has 1 N–H and O–H groups in total. The average molecular weight is 329 g/mol. The quantitative estimate of drug-likeness (QED) is 0.894. The molecule has 0 radical (unpaired) electrons. The Balaban J connectivity index is 1.73. The molecule has 2 aromatic heterocycles. The van der Waals surface area contributed by atoms with Crippen molar-refractivity contribution in [1.82, 2.24) is 24.9 Å². The summed E-state index contributed by atoms with van der Waals surface area (Å²) in [6.07, 6.45) is 5.45. The van der Waals surface area contributed by atoms with Gasteiger partial charge in [0.15, 0.2) is 0 Å². The molecule has 2 aromatic rings. The van der Waals surface area contributed by atoms with Crippen LogP contribution in [0.1, 0.15) is 42.6 Å². The molecule has 24 heavy (non-hydrogen) atoms. The molecule has 0 saturated carbocycles. The molecule has 8 heteroatoms. The zero-order valence-corrected chi connectivity index (χ0v) is 13.4. The fourth-order valence-electron chi connectivity index (χ4n) is 2.83. The molecule has 8 nitrogen and oxygen atoms in total. The lowest BCUT2D eigenvalue weighted by molar-refractivity contribution is -0.130. The third kappa shape index (κ3) is 3.27. The van der Waals surface area contributed by atoms with E-state index in [-0.39, 0.29) is 17.5 Å². The molecule has 1 fully saturated rings. The van der Waals surface area contributed by atoms with Crippen molar-refractivity contribution < 1.29 is 14.7 Å². The summed E-state index contributed by atoms with van der Waals surface area (Å²) in [7, 11) is 0. The Morgan fingerprint density at radius 3 is 2.96 bits per heavy atom. The Kier molecular flexibility index (Phi) is 4.54. The number of carbonyl (C=O) groups is 2. The van der Waals surface area contributed by atoms with E-state index in [9.17, 15) is 9.59 Å². The van der Waals surface area contributed by atoms with Crippen molar-refractivity contribution >= 4 is 11.9 Å². The van der Waals surface area contributed by atoms with Crippen LogP contribution in [0, 0.1) is 0 Å². The van der Waals surface area contributed by atoms with Crippen LogP contribution < -0.4 is 0 Å². The van der Waals surface area contributed by atoms with E-state index in [1.54, 1.807) is 10.9 Å². The molecule has 0 aromatic carbocycles. The Bertz CT molecular complexity index is 758. The second kappa shape index (κ2) is 6.77. The molecule has 1 saturated heterocycles. The van der Waals surface area contributed by atoms with Gasteiger partial charge in [0.2, 0.25) is 5.91 Å². The number of carboxylic acid groups (broad SMARTS) is 1. The van der Waals surface area contributed by atoms with Crippen molar-refractivity contribution in [2.24, 2.45) is 0 Å². The zero-order chi connectivity index (χ0) is 17.1. The lowest BCUT2D eigenvalue weighted by Gasteiger charge is -2.15. The van der Waals surface area contributed by atoms with Gasteiger partial charge in [-0.1, -0.05) is 12.1 Å². The van der Waals surface area contributed by atoms with E-state index in [2.05, 4.69) is 15.3 Å². The highest BCUT2D eigenvalue weighted by Gasteiger charge is 2.27. The van der Waals surface area contributed by atoms with Crippen molar-refractivity contribution in [2.75, 3.05) is 13.1 Å². The monoisotopic (exact) mass is 329 g/mol. The van der Waals surface area contributed by atoms with Gasteiger partial charge < -0.3 is 10.0 Å². The van der Waals surface area contributed by atoms with Crippen LogP contribution in [0.4, 0.5) is 0 Å². The molecule has 1 unspecified atom stereocenters. The number of carboxylic acids is 1. The minimum Gasteiger partial charge on any atom is -0.478 e. The summed E-state index contributed by atoms with van der Waals surface area (Å²) in [6.45, 7) is 3.35. The van der Waals surface area contributed by atoms with Crippen LogP contribution in [0.3, 0.4) is 0 Å². The summed E-state index contributed by atoms with van der Waals surface area (Å²) in [6, 6.07) is 3.00. The number of aromatic nitrogens is 4. The number of hydrogen-bond donors (Lipinski definition) is 1. The first-order chi connectivity index (χ1) is 11.6. The number of pyridine rings is 1. The summed E-state index contributed by atoms with van der Waals surface area (Å²) in [5.41, 5.74) is 1.15. The number of hydrogen-bond acceptors (Lipinski definition) is 5. The van der Waals surface area contributed by atoms with Gasteiger partial charge in [0.05, 0.1) is 23.5 Å². The topological polar surface area (TPSA) is 101 Å². The van der Waals surface area contributed by atoms with E-state index in [0.717, 1.165) is 19.4 Å². The smallest absolute Gasteiger partial charge is 0.335 e. The van der Waals surface area contributed by atoms with Crippen LogP contribution in [0.5, 0.6) is 0 Å². The highest BCUT2D eigenvalue weighted by molar-refractivity contribution is 5.88. The maximum Gasteiger partial charge on any atom is 0.335 e. The predicted molar refractivity (Wildman–Crippen MR) is 85.4 cm³/mol. The van der Waals surface area contributed by atoms with Crippen LogP contribution >= 0.6 is 0 Å². The molecule has 3 heterocycles. The minimum absolute atomic E-state index is 0.0923. The van der Waals surface area contributed by atoms with Crippen LogP contribution in [0.25, 0.3) is 11.4 Å². The zero-order valence-electron chi connectivity index (χ0n) is 13.4. The van der Waals surface area contributed by atoms with E-state index in [1.165, 1.54) is 18.3 Å². The van der Waals surface area contributed by atoms with Gasteiger partial charge >= 0.3 is 5.97 Å². The van der Waals surface area contributed by atoms with Gasteiger partial charge in [-0.2, -0.15) is 0 Å². The fourth-order valence-corrected chi connectivity index (χ4v) is 2.83. The third-order valence-electron chi connectivity index (χ3n) is 4.13. The molecule has 0 aliphatic carbocycles. The second-order valence-corrected chi connectivity index (χ2v) is 5.85.